The first-order valence-corrected chi connectivity index (χ1v) is 15.9. The van der Waals surface area contributed by atoms with Crippen LogP contribution in [0, 0.1) is 24.7 Å². The third-order valence-electron chi connectivity index (χ3n) is 8.95. The maximum Gasteiger partial charge on any atom is 0.330 e. The second-order valence-electron chi connectivity index (χ2n) is 12.7. The van der Waals surface area contributed by atoms with E-state index < -0.39 is 36.0 Å². The zero-order valence-electron chi connectivity index (χ0n) is 28.3. The summed E-state index contributed by atoms with van der Waals surface area (Å²) in [5.74, 6) is -1.11. The fraction of sp³-hybridized carbons (Fsp3) is 0.583. The number of nitrogens with zero attached hydrogens (tertiary/aromatic N) is 1. The number of epoxide rings is 1. The molecule has 0 radical (unpaired) electrons. The van der Waals surface area contributed by atoms with Crippen LogP contribution in [-0.4, -0.2) is 77.5 Å². The number of carbonyl (C=O) groups excluding carboxylic acids is 2. The smallest absolute Gasteiger partial charge is 0.330 e. The van der Waals surface area contributed by atoms with E-state index in [2.05, 4.69) is 4.98 Å². The van der Waals surface area contributed by atoms with Crippen molar-refractivity contribution < 1.29 is 43.2 Å². The van der Waals surface area contributed by atoms with Crippen LogP contribution in [-0.2, 0) is 28.5 Å². The highest BCUT2D eigenvalue weighted by Crippen LogP contribution is 2.43. The first-order chi connectivity index (χ1) is 21.8. The van der Waals surface area contributed by atoms with Crippen LogP contribution >= 0.6 is 0 Å². The molecule has 1 aromatic rings. The molecule has 9 atom stereocenters. The number of carbonyl (C=O) groups is 2. The molecule has 3 heterocycles. The van der Waals surface area contributed by atoms with Gasteiger partial charge in [-0.2, -0.15) is 0 Å². The molecule has 10 nitrogen and oxygen atoms in total. The monoisotopic (exact) mass is 641 g/mol. The van der Waals surface area contributed by atoms with Gasteiger partial charge in [-0.1, -0.05) is 50.3 Å². The van der Waals surface area contributed by atoms with E-state index in [0.717, 1.165) is 16.8 Å². The number of aromatic nitrogens is 1. The van der Waals surface area contributed by atoms with Crippen LogP contribution in [0.5, 0.6) is 0 Å². The Morgan fingerprint density at radius 2 is 1.96 bits per heavy atom. The number of aliphatic hydroxyl groups excluding tert-OH is 2. The van der Waals surface area contributed by atoms with Crippen LogP contribution in [0.1, 0.15) is 71.9 Å². The SMILES string of the molecule is COC(=O)C[C@@H]1C/C=C/C(=O)O[C@H]([C@H](C)[C@@H](OC)/C(C)=C/C=C/C(C)=C\c2coc(C)n2)C[C@H](O)[C@@]2(C)O[C@@H]2/C=C/[C@@H](C)[C@H](O)C1. The summed E-state index contributed by atoms with van der Waals surface area (Å²) in [4.78, 5) is 29.4. The van der Waals surface area contributed by atoms with E-state index in [4.69, 9.17) is 23.4 Å². The molecule has 0 saturated carbocycles. The zero-order chi connectivity index (χ0) is 34.0. The minimum Gasteiger partial charge on any atom is -0.469 e. The summed E-state index contributed by atoms with van der Waals surface area (Å²) in [6.07, 6.45) is 14.0. The van der Waals surface area contributed by atoms with E-state index in [1.165, 1.54) is 13.2 Å². The number of rotatable bonds is 9. The van der Waals surface area contributed by atoms with Crippen molar-refractivity contribution in [3.05, 3.63) is 71.5 Å². The maximum absolute atomic E-state index is 13.1. The van der Waals surface area contributed by atoms with E-state index in [0.29, 0.717) is 18.7 Å². The van der Waals surface area contributed by atoms with Crippen molar-refractivity contribution in [3.63, 3.8) is 0 Å². The maximum atomic E-state index is 13.1. The Kier molecular flexibility index (Phi) is 13.7. The van der Waals surface area contributed by atoms with Gasteiger partial charge in [0.1, 0.15) is 29.8 Å². The summed E-state index contributed by atoms with van der Waals surface area (Å²) < 4.78 is 27.9. The number of aliphatic hydroxyl groups is 2. The van der Waals surface area contributed by atoms with Crippen LogP contribution in [0.4, 0.5) is 0 Å². The highest BCUT2D eigenvalue weighted by molar-refractivity contribution is 5.82. The number of ether oxygens (including phenoxy) is 4. The van der Waals surface area contributed by atoms with Gasteiger partial charge in [-0.15, -0.1) is 0 Å². The predicted octanol–water partition coefficient (Wildman–Crippen LogP) is 5.44. The average molecular weight is 642 g/mol. The van der Waals surface area contributed by atoms with Gasteiger partial charge < -0.3 is 33.6 Å². The largest absolute Gasteiger partial charge is 0.469 e. The molecule has 1 fully saturated rings. The van der Waals surface area contributed by atoms with Gasteiger partial charge in [0.2, 0.25) is 0 Å². The Hall–Kier alpha value is -3.31. The molecule has 10 heteroatoms. The van der Waals surface area contributed by atoms with E-state index in [9.17, 15) is 19.8 Å². The van der Waals surface area contributed by atoms with Crippen molar-refractivity contribution in [2.24, 2.45) is 17.8 Å². The van der Waals surface area contributed by atoms with Gasteiger partial charge in [-0.25, -0.2) is 9.78 Å². The first kappa shape index (κ1) is 37.2. The molecule has 0 aromatic carbocycles. The Bertz CT molecular complexity index is 1320. The molecule has 0 spiro atoms. The lowest BCUT2D eigenvalue weighted by Gasteiger charge is -2.32. The number of hydrogen-bond donors (Lipinski definition) is 2. The molecule has 1 aromatic heterocycles. The summed E-state index contributed by atoms with van der Waals surface area (Å²) >= 11 is 0. The van der Waals surface area contributed by atoms with E-state index in [1.807, 2.05) is 71.1 Å². The summed E-state index contributed by atoms with van der Waals surface area (Å²) in [5, 5.41) is 22.2. The number of methoxy groups -OCH3 is 2. The van der Waals surface area contributed by atoms with Crippen molar-refractivity contribution >= 4 is 18.0 Å². The molecule has 0 bridgehead atoms. The van der Waals surface area contributed by atoms with Crippen molar-refractivity contribution in [1.82, 2.24) is 4.98 Å². The van der Waals surface area contributed by atoms with Gasteiger partial charge in [-0.05, 0) is 56.8 Å². The third kappa shape index (κ3) is 10.6. The van der Waals surface area contributed by atoms with Gasteiger partial charge in [0.15, 0.2) is 5.89 Å². The van der Waals surface area contributed by atoms with Gasteiger partial charge >= 0.3 is 11.9 Å². The van der Waals surface area contributed by atoms with Gasteiger partial charge in [0.25, 0.3) is 0 Å². The third-order valence-corrected chi connectivity index (χ3v) is 8.95. The van der Waals surface area contributed by atoms with Crippen LogP contribution in [0.25, 0.3) is 6.08 Å². The number of fused-ring (bicyclic) bond motifs is 1. The molecule has 1 saturated heterocycles. The number of esters is 2. The lowest BCUT2D eigenvalue weighted by atomic mass is 9.85. The number of hydrogen-bond acceptors (Lipinski definition) is 10. The predicted molar refractivity (Wildman–Crippen MR) is 174 cm³/mol. The van der Waals surface area contributed by atoms with E-state index in [-0.39, 0.29) is 42.7 Å². The Labute approximate surface area is 272 Å². The van der Waals surface area contributed by atoms with Crippen LogP contribution in [0.2, 0.25) is 0 Å². The number of allylic oxidation sites excluding steroid dienone is 5. The fourth-order valence-corrected chi connectivity index (χ4v) is 5.83. The molecule has 0 amide bonds. The van der Waals surface area contributed by atoms with Crippen molar-refractivity contribution in [2.45, 2.75) is 103 Å². The number of cyclic esters (lactones) is 1. The summed E-state index contributed by atoms with van der Waals surface area (Å²) in [6, 6.07) is 0. The molecule has 2 aliphatic heterocycles. The molecule has 2 N–H and O–H groups in total. The average Bonchev–Trinajstić information content (AvgIpc) is 3.51. The molecular formula is C36H51NO9. The lowest BCUT2D eigenvalue weighted by Crippen LogP contribution is -2.41. The second kappa shape index (κ2) is 17.0. The van der Waals surface area contributed by atoms with Gasteiger partial charge in [0.05, 0.1) is 25.4 Å². The van der Waals surface area contributed by atoms with Crippen LogP contribution in [0.3, 0.4) is 0 Å². The first-order valence-electron chi connectivity index (χ1n) is 15.9. The second-order valence-corrected chi connectivity index (χ2v) is 12.7. The van der Waals surface area contributed by atoms with Crippen LogP contribution < -0.4 is 0 Å². The minimum atomic E-state index is -0.932. The summed E-state index contributed by atoms with van der Waals surface area (Å²) in [7, 11) is 2.94. The summed E-state index contributed by atoms with van der Waals surface area (Å²) in [6.45, 7) is 11.4. The quantitative estimate of drug-likeness (QED) is 0.155. The molecule has 2 aliphatic rings. The molecule has 0 unspecified atom stereocenters. The number of aryl methyl sites for hydroxylation is 1. The van der Waals surface area contributed by atoms with E-state index >= 15 is 0 Å². The molecule has 254 valence electrons. The lowest BCUT2D eigenvalue weighted by molar-refractivity contribution is -0.150. The Morgan fingerprint density at radius 1 is 1.22 bits per heavy atom. The standard InChI is InChI=1S/C36H51NO9/c1-22(17-28-21-44-26(5)37-28)11-9-12-24(3)35(43-8)25(4)30-20-31(39)36(6)32(46-36)16-15-23(2)29(38)18-27(19-34(41)42-7)13-10-14-33(40)45-30/h9-12,14-17,21,23,25,27,29-32,35,38-39H,13,18-20H2,1-8H3/b11-9+,14-10+,16-15+,22-17-,24-12+/t23-,25+,27-,29-,30+,31+,32-,35+,36-/m1/s1. The van der Waals surface area contributed by atoms with Crippen molar-refractivity contribution in [3.8, 4) is 0 Å². The zero-order valence-corrected chi connectivity index (χ0v) is 28.3. The molecule has 46 heavy (non-hydrogen) atoms. The molecule has 3 rings (SSSR count). The normalized spacial score (nSPS) is 32.7. The molecule has 0 aliphatic carbocycles. The van der Waals surface area contributed by atoms with Crippen molar-refractivity contribution in [1.29, 1.82) is 0 Å². The highest BCUT2D eigenvalue weighted by atomic mass is 16.6. The van der Waals surface area contributed by atoms with Gasteiger partial charge in [-0.3, -0.25) is 4.79 Å². The topological polar surface area (TPSA) is 141 Å². The van der Waals surface area contributed by atoms with Crippen LogP contribution in [0.15, 0.2) is 64.4 Å². The highest BCUT2D eigenvalue weighted by Gasteiger charge is 2.57. The molecular weight excluding hydrogens is 590 g/mol. The Morgan fingerprint density at radius 3 is 2.61 bits per heavy atom. The number of oxazole rings is 1. The van der Waals surface area contributed by atoms with Crippen molar-refractivity contribution in [2.75, 3.05) is 14.2 Å². The Balaban J connectivity index is 1.82. The summed E-state index contributed by atoms with van der Waals surface area (Å²) in [5.41, 5.74) is 1.78. The van der Waals surface area contributed by atoms with E-state index in [1.54, 1.807) is 26.4 Å². The fourth-order valence-electron chi connectivity index (χ4n) is 5.83. The van der Waals surface area contributed by atoms with Gasteiger partial charge in [0, 0.05) is 44.8 Å². The minimum absolute atomic E-state index is 0.115.